The summed E-state index contributed by atoms with van der Waals surface area (Å²) in [5.41, 5.74) is 0. The Labute approximate surface area is 166 Å². The molecule has 26 heavy (non-hydrogen) atoms. The van der Waals surface area contributed by atoms with Crippen molar-refractivity contribution in [2.24, 2.45) is 0 Å². The molecule has 0 saturated heterocycles. The van der Waals surface area contributed by atoms with Gasteiger partial charge in [0.25, 0.3) is 0 Å². The van der Waals surface area contributed by atoms with E-state index < -0.39 is 0 Å². The zero-order chi connectivity index (χ0) is 19.1. The van der Waals surface area contributed by atoms with Crippen molar-refractivity contribution in [3.05, 3.63) is 12.2 Å². The van der Waals surface area contributed by atoms with Gasteiger partial charge in [0.1, 0.15) is 0 Å². The molecule has 0 aromatic rings. The van der Waals surface area contributed by atoms with Crippen LogP contribution >= 0.6 is 0 Å². The van der Waals surface area contributed by atoms with Crippen LogP contribution in [0.3, 0.4) is 0 Å². The van der Waals surface area contributed by atoms with Gasteiger partial charge in [0, 0.05) is 0 Å². The van der Waals surface area contributed by atoms with Gasteiger partial charge in [-0.2, -0.15) is 0 Å². The Balaban J connectivity index is 3.13. The Morgan fingerprint density at radius 2 is 1.04 bits per heavy atom. The van der Waals surface area contributed by atoms with E-state index in [1.54, 1.807) is 0 Å². The highest BCUT2D eigenvalue weighted by Gasteiger charge is 1.98. The summed E-state index contributed by atoms with van der Waals surface area (Å²) < 4.78 is 0. The van der Waals surface area contributed by atoms with Crippen LogP contribution in [0.4, 0.5) is 0 Å². The second-order valence-corrected chi connectivity index (χ2v) is 7.67. The first-order valence-electron chi connectivity index (χ1n) is 11.9. The Hall–Kier alpha value is -0.340. The van der Waals surface area contributed by atoms with Crippen LogP contribution < -0.4 is 5.32 Å². The van der Waals surface area contributed by atoms with Gasteiger partial charge in [-0.25, -0.2) is 0 Å². The molecule has 0 bridgehead atoms. The maximum absolute atomic E-state index is 3.40. The molecule has 0 aliphatic carbocycles. The monoisotopic (exact) mass is 366 g/mol. The minimum absolute atomic E-state index is 1.11. The first kappa shape index (κ1) is 25.7. The van der Waals surface area contributed by atoms with Crippen LogP contribution in [-0.4, -0.2) is 37.6 Å². The number of nitrogens with zero attached hydrogens (tertiary/aromatic N) is 1. The van der Waals surface area contributed by atoms with Crippen molar-refractivity contribution in [3.63, 3.8) is 0 Å². The van der Waals surface area contributed by atoms with Crippen LogP contribution in [-0.2, 0) is 0 Å². The molecule has 2 heteroatoms. The molecule has 1 N–H and O–H groups in total. The molecule has 0 aliphatic heterocycles. The minimum Gasteiger partial charge on any atom is -0.317 e. The van der Waals surface area contributed by atoms with Gasteiger partial charge < -0.3 is 10.2 Å². The van der Waals surface area contributed by atoms with Crippen LogP contribution in [0.15, 0.2) is 12.2 Å². The highest BCUT2D eigenvalue weighted by molar-refractivity contribution is 4.81. The molecule has 0 aliphatic rings. The number of allylic oxidation sites excluding steroid dienone is 2. The zero-order valence-corrected chi connectivity index (χ0v) is 18.5. The second kappa shape index (κ2) is 22.7. The predicted molar refractivity (Wildman–Crippen MR) is 120 cm³/mol. The first-order chi connectivity index (χ1) is 12.8. The SMILES string of the molecule is CCNCCCCCCCC/C=C\CCCCCCCCN(CC)CC. The Bertz CT molecular complexity index is 271. The molecule has 0 rings (SSSR count). The summed E-state index contributed by atoms with van der Waals surface area (Å²) in [6.45, 7) is 12.8. The number of unbranched alkanes of at least 4 members (excludes halogenated alkanes) is 12. The molecule has 0 amide bonds. The summed E-state index contributed by atoms with van der Waals surface area (Å²) in [5.74, 6) is 0. The molecule has 0 saturated carbocycles. The third-order valence-corrected chi connectivity index (χ3v) is 5.38. The van der Waals surface area contributed by atoms with Gasteiger partial charge in [-0.3, -0.25) is 0 Å². The quantitative estimate of drug-likeness (QED) is 0.174. The van der Waals surface area contributed by atoms with E-state index in [2.05, 4.69) is 43.1 Å². The molecule has 156 valence electrons. The third kappa shape index (κ3) is 20.0. The highest BCUT2D eigenvalue weighted by Crippen LogP contribution is 2.10. The lowest BCUT2D eigenvalue weighted by atomic mass is 10.1. The van der Waals surface area contributed by atoms with Crippen molar-refractivity contribution in [2.75, 3.05) is 32.7 Å². The number of hydrogen-bond acceptors (Lipinski definition) is 2. The maximum Gasteiger partial charge on any atom is -0.00190 e. The lowest BCUT2D eigenvalue weighted by Crippen LogP contribution is -2.23. The highest BCUT2D eigenvalue weighted by atomic mass is 15.1. The van der Waals surface area contributed by atoms with Crippen LogP contribution in [0.5, 0.6) is 0 Å². The molecular weight excluding hydrogens is 316 g/mol. The summed E-state index contributed by atoms with van der Waals surface area (Å²) in [6.07, 6.45) is 24.3. The van der Waals surface area contributed by atoms with Crippen LogP contribution in [0.25, 0.3) is 0 Å². The lowest BCUT2D eigenvalue weighted by molar-refractivity contribution is 0.295. The van der Waals surface area contributed by atoms with E-state index in [0.29, 0.717) is 0 Å². The van der Waals surface area contributed by atoms with Gasteiger partial charge in [0.05, 0.1) is 0 Å². The van der Waals surface area contributed by atoms with E-state index in [-0.39, 0.29) is 0 Å². The van der Waals surface area contributed by atoms with Crippen molar-refractivity contribution >= 4 is 0 Å². The van der Waals surface area contributed by atoms with E-state index in [4.69, 9.17) is 0 Å². The molecule has 0 atom stereocenters. The van der Waals surface area contributed by atoms with Crippen LogP contribution in [0.1, 0.15) is 111 Å². The number of hydrogen-bond donors (Lipinski definition) is 1. The maximum atomic E-state index is 3.40. The van der Waals surface area contributed by atoms with Gasteiger partial charge >= 0.3 is 0 Å². The van der Waals surface area contributed by atoms with E-state index in [1.807, 2.05) is 0 Å². The van der Waals surface area contributed by atoms with E-state index >= 15 is 0 Å². The molecule has 2 nitrogen and oxygen atoms in total. The number of nitrogens with one attached hydrogen (secondary N) is 1. The van der Waals surface area contributed by atoms with Gasteiger partial charge in [0.15, 0.2) is 0 Å². The largest absolute Gasteiger partial charge is 0.317 e. The first-order valence-corrected chi connectivity index (χ1v) is 11.9. The fourth-order valence-electron chi connectivity index (χ4n) is 3.48. The Kier molecular flexibility index (Phi) is 22.4. The summed E-state index contributed by atoms with van der Waals surface area (Å²) in [6, 6.07) is 0. The van der Waals surface area contributed by atoms with Crippen molar-refractivity contribution in [2.45, 2.75) is 111 Å². The summed E-state index contributed by atoms with van der Waals surface area (Å²) in [7, 11) is 0. The minimum atomic E-state index is 1.11. The molecular formula is C24H50N2. The summed E-state index contributed by atoms with van der Waals surface area (Å²) >= 11 is 0. The average molecular weight is 367 g/mol. The van der Waals surface area contributed by atoms with Crippen molar-refractivity contribution < 1.29 is 0 Å². The average Bonchev–Trinajstić information content (AvgIpc) is 2.66. The smallest absolute Gasteiger partial charge is 0.00190 e. The molecule has 0 radical (unpaired) electrons. The van der Waals surface area contributed by atoms with E-state index in [9.17, 15) is 0 Å². The normalized spacial score (nSPS) is 11.8. The Morgan fingerprint density at radius 1 is 0.577 bits per heavy atom. The molecule has 0 heterocycles. The van der Waals surface area contributed by atoms with Crippen molar-refractivity contribution in [3.8, 4) is 0 Å². The Morgan fingerprint density at radius 3 is 1.54 bits per heavy atom. The summed E-state index contributed by atoms with van der Waals surface area (Å²) in [5, 5.41) is 3.40. The van der Waals surface area contributed by atoms with Gasteiger partial charge in [-0.1, -0.05) is 84.3 Å². The lowest BCUT2D eigenvalue weighted by Gasteiger charge is -2.17. The molecule has 0 aromatic heterocycles. The zero-order valence-electron chi connectivity index (χ0n) is 18.5. The molecule has 0 unspecified atom stereocenters. The van der Waals surface area contributed by atoms with Crippen molar-refractivity contribution in [1.29, 1.82) is 0 Å². The van der Waals surface area contributed by atoms with E-state index in [0.717, 1.165) is 6.54 Å². The van der Waals surface area contributed by atoms with E-state index in [1.165, 1.54) is 116 Å². The second-order valence-electron chi connectivity index (χ2n) is 7.67. The van der Waals surface area contributed by atoms with Crippen LogP contribution in [0.2, 0.25) is 0 Å². The fourth-order valence-corrected chi connectivity index (χ4v) is 3.48. The molecule has 0 fully saturated rings. The van der Waals surface area contributed by atoms with Gasteiger partial charge in [-0.05, 0) is 71.2 Å². The third-order valence-electron chi connectivity index (χ3n) is 5.38. The number of rotatable bonds is 21. The standard InChI is InChI=1S/C24H50N2/c1-4-25-23-21-19-17-15-13-11-9-7-8-10-12-14-16-18-20-22-24-26(5-2)6-3/h7-8,25H,4-6,9-24H2,1-3H3/b8-7-. The molecule has 0 aromatic carbocycles. The van der Waals surface area contributed by atoms with Crippen molar-refractivity contribution in [1.82, 2.24) is 10.2 Å². The predicted octanol–water partition coefficient (Wildman–Crippen LogP) is 6.96. The van der Waals surface area contributed by atoms with Gasteiger partial charge in [0.2, 0.25) is 0 Å². The molecule has 0 spiro atoms. The van der Waals surface area contributed by atoms with Gasteiger partial charge in [-0.15, -0.1) is 0 Å². The fraction of sp³-hybridized carbons (Fsp3) is 0.917. The summed E-state index contributed by atoms with van der Waals surface area (Å²) in [4.78, 5) is 2.54. The topological polar surface area (TPSA) is 15.3 Å². The van der Waals surface area contributed by atoms with Crippen LogP contribution in [0, 0.1) is 0 Å².